The van der Waals surface area contributed by atoms with Gasteiger partial charge in [0.2, 0.25) is 0 Å². The Kier molecular flexibility index (Phi) is 7.49. The van der Waals surface area contributed by atoms with Crippen molar-refractivity contribution in [2.45, 2.75) is 39.4 Å². The van der Waals surface area contributed by atoms with Gasteiger partial charge in [-0.1, -0.05) is 24.3 Å². The van der Waals surface area contributed by atoms with E-state index in [9.17, 15) is 19.8 Å². The lowest BCUT2D eigenvalue weighted by Gasteiger charge is -2.26. The summed E-state index contributed by atoms with van der Waals surface area (Å²) >= 11 is 0. The number of hydrogen-bond donors (Lipinski definition) is 4. The van der Waals surface area contributed by atoms with Crippen molar-refractivity contribution in [2.75, 3.05) is 0 Å². The lowest BCUT2D eigenvalue weighted by Crippen LogP contribution is -2.38. The highest BCUT2D eigenvalue weighted by atomic mass is 16.4. The van der Waals surface area contributed by atoms with Crippen LogP contribution in [0.15, 0.2) is 47.1 Å². The van der Waals surface area contributed by atoms with Gasteiger partial charge >= 0.3 is 11.9 Å². The molecule has 0 aromatic rings. The first-order valence-electron chi connectivity index (χ1n) is 6.60. The number of allylic oxidation sites excluding steroid dienone is 3. The molecule has 0 aliphatic heterocycles. The van der Waals surface area contributed by atoms with Crippen LogP contribution in [-0.2, 0) is 9.59 Å². The van der Waals surface area contributed by atoms with Crippen LogP contribution >= 0.6 is 0 Å². The molecule has 2 atom stereocenters. The number of aliphatic hydroxyl groups excluding tert-OH is 1. The van der Waals surface area contributed by atoms with Gasteiger partial charge in [0.05, 0.1) is 5.57 Å². The normalized spacial score (nSPS) is 18.2. The van der Waals surface area contributed by atoms with E-state index in [2.05, 4.69) is 0 Å². The topological polar surface area (TPSA) is 115 Å². The fraction of sp³-hybridized carbons (Fsp3) is 0.375. The van der Waals surface area contributed by atoms with E-state index in [0.717, 1.165) is 0 Å². The van der Waals surface area contributed by atoms with Crippen LogP contribution in [0.4, 0.5) is 0 Å². The molecular weight excluding hydrogens is 288 g/mol. The van der Waals surface area contributed by atoms with Crippen LogP contribution in [0.5, 0.6) is 0 Å². The second-order valence-electron chi connectivity index (χ2n) is 5.08. The Morgan fingerprint density at radius 1 is 1.14 bits per heavy atom. The third-order valence-electron chi connectivity index (χ3n) is 3.04. The van der Waals surface area contributed by atoms with Gasteiger partial charge in [0.15, 0.2) is 0 Å². The zero-order chi connectivity index (χ0) is 17.5. The number of carbonyl (C=O) groups is 2. The quantitative estimate of drug-likeness (QED) is 0.420. The number of carboxylic acids is 2. The first-order valence-corrected chi connectivity index (χ1v) is 6.60. The van der Waals surface area contributed by atoms with Gasteiger partial charge in [0, 0.05) is 5.57 Å². The Balaban J connectivity index is 5.25. The monoisotopic (exact) mass is 310 g/mol. The summed E-state index contributed by atoms with van der Waals surface area (Å²) < 4.78 is 0. The molecule has 0 aromatic carbocycles. The fourth-order valence-electron chi connectivity index (χ4n) is 1.60. The zero-order valence-electron chi connectivity index (χ0n) is 13.1. The SMILES string of the molecule is CC=C(/C=C(\C)[C@H](O)[C@@](C)(O)/C=C/C=C(\C)C(=O)O)C(=O)O. The second kappa shape index (κ2) is 8.31. The fourth-order valence-corrected chi connectivity index (χ4v) is 1.60. The van der Waals surface area contributed by atoms with Crippen LogP contribution in [0.3, 0.4) is 0 Å². The van der Waals surface area contributed by atoms with Crippen molar-refractivity contribution >= 4 is 11.9 Å². The summed E-state index contributed by atoms with van der Waals surface area (Å²) in [7, 11) is 0. The predicted molar refractivity (Wildman–Crippen MR) is 82.3 cm³/mol. The summed E-state index contributed by atoms with van der Waals surface area (Å²) in [6.45, 7) is 5.79. The van der Waals surface area contributed by atoms with Gasteiger partial charge in [-0.3, -0.25) is 0 Å². The number of aliphatic hydroxyl groups is 2. The van der Waals surface area contributed by atoms with E-state index in [1.54, 1.807) is 6.92 Å². The zero-order valence-corrected chi connectivity index (χ0v) is 13.1. The summed E-state index contributed by atoms with van der Waals surface area (Å²) in [6.07, 6.45) is 5.18. The molecule has 0 bridgehead atoms. The molecule has 0 unspecified atom stereocenters. The molecule has 0 aromatic heterocycles. The number of hydrogen-bond acceptors (Lipinski definition) is 4. The van der Waals surface area contributed by atoms with Gasteiger partial charge in [-0.2, -0.15) is 0 Å². The van der Waals surface area contributed by atoms with E-state index >= 15 is 0 Å². The van der Waals surface area contributed by atoms with E-state index in [0.29, 0.717) is 0 Å². The van der Waals surface area contributed by atoms with Gasteiger partial charge in [-0.25, -0.2) is 9.59 Å². The van der Waals surface area contributed by atoms with Crippen LogP contribution in [-0.4, -0.2) is 44.1 Å². The highest BCUT2D eigenvalue weighted by Crippen LogP contribution is 2.20. The van der Waals surface area contributed by atoms with Crippen LogP contribution in [0.1, 0.15) is 27.7 Å². The Labute approximate surface area is 129 Å². The molecule has 0 rings (SSSR count). The van der Waals surface area contributed by atoms with Gasteiger partial charge in [-0.05, 0) is 39.3 Å². The molecule has 6 nitrogen and oxygen atoms in total. The van der Waals surface area contributed by atoms with Crippen molar-refractivity contribution in [2.24, 2.45) is 0 Å². The molecule has 0 spiro atoms. The Morgan fingerprint density at radius 2 is 1.68 bits per heavy atom. The lowest BCUT2D eigenvalue weighted by molar-refractivity contribution is -0.133. The minimum Gasteiger partial charge on any atom is -0.478 e. The van der Waals surface area contributed by atoms with Crippen molar-refractivity contribution in [3.05, 3.63) is 47.1 Å². The second-order valence-corrected chi connectivity index (χ2v) is 5.08. The summed E-state index contributed by atoms with van der Waals surface area (Å²) in [6, 6.07) is 0. The van der Waals surface area contributed by atoms with Crippen molar-refractivity contribution in [3.8, 4) is 0 Å². The minimum absolute atomic E-state index is 0.00190. The Bertz CT molecular complexity index is 549. The standard InChI is InChI=1S/C16H22O6/c1-5-12(15(20)21)9-11(3)13(17)16(4,22)8-6-7-10(2)14(18)19/h5-9,13,17,22H,1-4H3,(H,18,19)(H,20,21)/b8-6+,10-7+,11-9+,12-5?/t13-,16-/m0/s1. The molecule has 0 radical (unpaired) electrons. The first kappa shape index (κ1) is 19.8. The minimum atomic E-state index is -1.67. The first-order chi connectivity index (χ1) is 10.0. The smallest absolute Gasteiger partial charge is 0.335 e. The van der Waals surface area contributed by atoms with Crippen molar-refractivity contribution in [3.63, 3.8) is 0 Å². The van der Waals surface area contributed by atoms with E-state index in [1.807, 2.05) is 0 Å². The molecule has 0 aliphatic carbocycles. The maximum absolute atomic E-state index is 10.9. The van der Waals surface area contributed by atoms with Gasteiger partial charge in [0.25, 0.3) is 0 Å². The number of aliphatic carboxylic acids is 2. The van der Waals surface area contributed by atoms with Crippen LogP contribution in [0.25, 0.3) is 0 Å². The van der Waals surface area contributed by atoms with Gasteiger partial charge < -0.3 is 20.4 Å². The maximum Gasteiger partial charge on any atom is 0.335 e. The van der Waals surface area contributed by atoms with Crippen LogP contribution in [0.2, 0.25) is 0 Å². The predicted octanol–water partition coefficient (Wildman–Crippen LogP) is 1.66. The maximum atomic E-state index is 10.9. The molecule has 22 heavy (non-hydrogen) atoms. The van der Waals surface area contributed by atoms with E-state index in [-0.39, 0.29) is 16.7 Å². The van der Waals surface area contributed by atoms with Crippen LogP contribution < -0.4 is 0 Å². The van der Waals surface area contributed by atoms with Crippen molar-refractivity contribution in [1.29, 1.82) is 0 Å². The molecule has 0 saturated heterocycles. The lowest BCUT2D eigenvalue weighted by atomic mass is 9.91. The average molecular weight is 310 g/mol. The van der Waals surface area contributed by atoms with Crippen molar-refractivity contribution in [1.82, 2.24) is 0 Å². The molecule has 0 aliphatic rings. The largest absolute Gasteiger partial charge is 0.478 e. The molecule has 122 valence electrons. The van der Waals surface area contributed by atoms with E-state index < -0.39 is 23.6 Å². The highest BCUT2D eigenvalue weighted by molar-refractivity contribution is 5.89. The molecular formula is C16H22O6. The summed E-state index contributed by atoms with van der Waals surface area (Å²) in [4.78, 5) is 21.5. The molecule has 0 heterocycles. The van der Waals surface area contributed by atoms with E-state index in [4.69, 9.17) is 10.2 Å². The molecule has 4 N–H and O–H groups in total. The summed E-state index contributed by atoms with van der Waals surface area (Å²) in [5.41, 5.74) is -1.33. The van der Waals surface area contributed by atoms with Crippen LogP contribution in [0, 0.1) is 0 Å². The van der Waals surface area contributed by atoms with E-state index in [1.165, 1.54) is 51.2 Å². The third kappa shape index (κ3) is 6.07. The number of rotatable bonds is 7. The summed E-state index contributed by atoms with van der Waals surface area (Å²) in [5.74, 6) is -2.22. The molecule has 6 heteroatoms. The Hall–Kier alpha value is -2.18. The molecule has 0 fully saturated rings. The summed E-state index contributed by atoms with van der Waals surface area (Å²) in [5, 5.41) is 38.0. The van der Waals surface area contributed by atoms with Crippen molar-refractivity contribution < 1.29 is 30.0 Å². The van der Waals surface area contributed by atoms with Gasteiger partial charge in [0.1, 0.15) is 11.7 Å². The Morgan fingerprint density at radius 3 is 2.09 bits per heavy atom. The molecule has 0 saturated carbocycles. The third-order valence-corrected chi connectivity index (χ3v) is 3.04. The van der Waals surface area contributed by atoms with Gasteiger partial charge in [-0.15, -0.1) is 0 Å². The highest BCUT2D eigenvalue weighted by Gasteiger charge is 2.28. The number of carboxylic acid groups (broad SMARTS) is 2. The molecule has 0 amide bonds. The average Bonchev–Trinajstić information content (AvgIpc) is 2.42.